The van der Waals surface area contributed by atoms with E-state index in [1.807, 2.05) is 17.5 Å². The highest BCUT2D eigenvalue weighted by atomic mass is 32.1. The van der Waals surface area contributed by atoms with Gasteiger partial charge < -0.3 is 10.6 Å². The maximum absolute atomic E-state index is 11.7. The molecule has 1 aliphatic carbocycles. The zero-order valence-corrected chi connectivity index (χ0v) is 12.3. The van der Waals surface area contributed by atoms with Gasteiger partial charge in [0.05, 0.1) is 4.88 Å². The van der Waals surface area contributed by atoms with Gasteiger partial charge in [-0.15, -0.1) is 11.3 Å². The van der Waals surface area contributed by atoms with Crippen molar-refractivity contribution < 1.29 is 4.79 Å². The van der Waals surface area contributed by atoms with Gasteiger partial charge >= 0.3 is 0 Å². The summed E-state index contributed by atoms with van der Waals surface area (Å²) in [6.07, 6.45) is 9.44. The standard InChI is InChI=1S/C15H24N2OS/c18-15(14-9-6-12-19-14)17-11-10-16-13-7-4-2-1-3-5-8-13/h6,9,12-13,16H,1-5,7-8,10-11H2,(H,17,18). The number of hydrogen-bond donors (Lipinski definition) is 2. The van der Waals surface area contributed by atoms with Gasteiger partial charge in [0.1, 0.15) is 0 Å². The van der Waals surface area contributed by atoms with Crippen molar-refractivity contribution in [2.75, 3.05) is 13.1 Å². The van der Waals surface area contributed by atoms with Crippen LogP contribution in [-0.4, -0.2) is 25.0 Å². The number of carbonyl (C=O) groups is 1. The summed E-state index contributed by atoms with van der Waals surface area (Å²) in [6.45, 7) is 1.59. The zero-order valence-electron chi connectivity index (χ0n) is 11.5. The molecule has 0 saturated heterocycles. The van der Waals surface area contributed by atoms with E-state index in [2.05, 4.69) is 10.6 Å². The minimum Gasteiger partial charge on any atom is -0.350 e. The zero-order chi connectivity index (χ0) is 13.3. The van der Waals surface area contributed by atoms with Gasteiger partial charge in [0.2, 0.25) is 0 Å². The summed E-state index contributed by atoms with van der Waals surface area (Å²) in [7, 11) is 0. The molecule has 0 atom stereocenters. The second-order valence-corrected chi connectivity index (χ2v) is 6.18. The molecule has 0 unspecified atom stereocenters. The average Bonchev–Trinajstić information content (AvgIpc) is 2.90. The van der Waals surface area contributed by atoms with Gasteiger partial charge in [-0.3, -0.25) is 4.79 Å². The van der Waals surface area contributed by atoms with E-state index in [1.54, 1.807) is 0 Å². The van der Waals surface area contributed by atoms with E-state index in [0.717, 1.165) is 11.4 Å². The van der Waals surface area contributed by atoms with Crippen molar-refractivity contribution in [1.29, 1.82) is 0 Å². The molecule has 19 heavy (non-hydrogen) atoms. The van der Waals surface area contributed by atoms with Crippen molar-refractivity contribution in [3.63, 3.8) is 0 Å². The Balaban J connectivity index is 1.59. The second kappa shape index (κ2) is 8.33. The molecule has 2 N–H and O–H groups in total. The van der Waals surface area contributed by atoms with E-state index in [0.29, 0.717) is 12.6 Å². The van der Waals surface area contributed by atoms with Crippen molar-refractivity contribution in [3.05, 3.63) is 22.4 Å². The van der Waals surface area contributed by atoms with Crippen LogP contribution in [0, 0.1) is 0 Å². The molecular formula is C15H24N2OS. The summed E-state index contributed by atoms with van der Waals surface area (Å²) in [4.78, 5) is 12.5. The van der Waals surface area contributed by atoms with Gasteiger partial charge in [0.25, 0.3) is 5.91 Å². The number of hydrogen-bond acceptors (Lipinski definition) is 3. The van der Waals surface area contributed by atoms with Crippen LogP contribution in [0.4, 0.5) is 0 Å². The number of nitrogens with one attached hydrogen (secondary N) is 2. The predicted octanol–water partition coefficient (Wildman–Crippen LogP) is 3.18. The monoisotopic (exact) mass is 280 g/mol. The quantitative estimate of drug-likeness (QED) is 0.813. The van der Waals surface area contributed by atoms with Crippen molar-refractivity contribution in [1.82, 2.24) is 10.6 Å². The molecule has 106 valence electrons. The summed E-state index contributed by atoms with van der Waals surface area (Å²) < 4.78 is 0. The molecular weight excluding hydrogens is 256 g/mol. The van der Waals surface area contributed by atoms with Crippen LogP contribution in [0.5, 0.6) is 0 Å². The minimum atomic E-state index is 0.0504. The number of thiophene rings is 1. The molecule has 1 aromatic heterocycles. The normalized spacial score (nSPS) is 17.7. The number of amides is 1. The van der Waals surface area contributed by atoms with Crippen molar-refractivity contribution in [3.8, 4) is 0 Å². The maximum atomic E-state index is 11.7. The lowest BCUT2D eigenvalue weighted by atomic mass is 9.97. The largest absolute Gasteiger partial charge is 0.350 e. The molecule has 1 aliphatic rings. The Hall–Kier alpha value is -0.870. The summed E-state index contributed by atoms with van der Waals surface area (Å²) in [5.74, 6) is 0.0504. The highest BCUT2D eigenvalue weighted by Crippen LogP contribution is 2.16. The number of rotatable bonds is 5. The van der Waals surface area contributed by atoms with Gasteiger partial charge in [0, 0.05) is 19.1 Å². The Morgan fingerprint density at radius 2 is 1.89 bits per heavy atom. The Kier molecular flexibility index (Phi) is 6.37. The van der Waals surface area contributed by atoms with Crippen LogP contribution in [0.2, 0.25) is 0 Å². The van der Waals surface area contributed by atoms with Crippen LogP contribution in [0.25, 0.3) is 0 Å². The molecule has 0 spiro atoms. The SMILES string of the molecule is O=C(NCCNC1CCCCCCC1)c1cccs1. The van der Waals surface area contributed by atoms with Gasteiger partial charge in [-0.25, -0.2) is 0 Å². The highest BCUT2D eigenvalue weighted by Gasteiger charge is 2.10. The third kappa shape index (κ3) is 5.33. The Morgan fingerprint density at radius 1 is 1.16 bits per heavy atom. The molecule has 1 fully saturated rings. The molecule has 0 radical (unpaired) electrons. The lowest BCUT2D eigenvalue weighted by Crippen LogP contribution is -2.37. The third-order valence-corrected chi connectivity index (χ3v) is 4.56. The first-order valence-electron chi connectivity index (χ1n) is 7.41. The Labute approximate surface area is 119 Å². The molecule has 0 bridgehead atoms. The molecule has 1 amide bonds. The van der Waals surface area contributed by atoms with Crippen LogP contribution in [0.1, 0.15) is 54.6 Å². The minimum absolute atomic E-state index is 0.0504. The first-order chi connectivity index (χ1) is 9.36. The molecule has 1 heterocycles. The second-order valence-electron chi connectivity index (χ2n) is 5.23. The third-order valence-electron chi connectivity index (χ3n) is 3.69. The van der Waals surface area contributed by atoms with Crippen LogP contribution in [-0.2, 0) is 0 Å². The van der Waals surface area contributed by atoms with Gasteiger partial charge in [-0.1, -0.05) is 38.2 Å². The predicted molar refractivity (Wildman–Crippen MR) is 80.8 cm³/mol. The molecule has 1 saturated carbocycles. The molecule has 0 aliphatic heterocycles. The van der Waals surface area contributed by atoms with Crippen LogP contribution < -0.4 is 10.6 Å². The lowest BCUT2D eigenvalue weighted by Gasteiger charge is -2.21. The van der Waals surface area contributed by atoms with E-state index in [4.69, 9.17) is 0 Å². The van der Waals surface area contributed by atoms with Crippen LogP contribution in [0.3, 0.4) is 0 Å². The van der Waals surface area contributed by atoms with Crippen molar-refractivity contribution in [2.24, 2.45) is 0 Å². The van der Waals surface area contributed by atoms with E-state index < -0.39 is 0 Å². The maximum Gasteiger partial charge on any atom is 0.261 e. The highest BCUT2D eigenvalue weighted by molar-refractivity contribution is 7.12. The van der Waals surface area contributed by atoms with Gasteiger partial charge in [-0.05, 0) is 24.3 Å². The van der Waals surface area contributed by atoms with E-state index in [1.165, 1.54) is 56.3 Å². The molecule has 4 heteroatoms. The summed E-state index contributed by atoms with van der Waals surface area (Å²) in [6, 6.07) is 4.42. The van der Waals surface area contributed by atoms with E-state index >= 15 is 0 Å². The first-order valence-corrected chi connectivity index (χ1v) is 8.29. The average molecular weight is 280 g/mol. The van der Waals surface area contributed by atoms with Crippen molar-refractivity contribution in [2.45, 2.75) is 51.0 Å². The lowest BCUT2D eigenvalue weighted by molar-refractivity contribution is 0.0957. The smallest absolute Gasteiger partial charge is 0.261 e. The fraction of sp³-hybridized carbons (Fsp3) is 0.667. The topological polar surface area (TPSA) is 41.1 Å². The fourth-order valence-corrected chi connectivity index (χ4v) is 3.25. The summed E-state index contributed by atoms with van der Waals surface area (Å²) in [5, 5.41) is 8.47. The molecule has 0 aromatic carbocycles. The van der Waals surface area contributed by atoms with Crippen LogP contribution >= 0.6 is 11.3 Å². The van der Waals surface area contributed by atoms with Crippen molar-refractivity contribution >= 4 is 17.2 Å². The Bertz CT molecular complexity index is 356. The van der Waals surface area contributed by atoms with E-state index in [-0.39, 0.29) is 5.91 Å². The summed E-state index contributed by atoms with van der Waals surface area (Å²) >= 11 is 1.49. The molecule has 3 nitrogen and oxygen atoms in total. The molecule has 1 aromatic rings. The fourth-order valence-electron chi connectivity index (χ4n) is 2.61. The van der Waals surface area contributed by atoms with Gasteiger partial charge in [-0.2, -0.15) is 0 Å². The molecule has 2 rings (SSSR count). The van der Waals surface area contributed by atoms with Crippen LogP contribution in [0.15, 0.2) is 17.5 Å². The number of carbonyl (C=O) groups excluding carboxylic acids is 1. The summed E-state index contributed by atoms with van der Waals surface area (Å²) in [5.41, 5.74) is 0. The van der Waals surface area contributed by atoms with E-state index in [9.17, 15) is 4.79 Å². The van der Waals surface area contributed by atoms with Gasteiger partial charge in [0.15, 0.2) is 0 Å². The first kappa shape index (κ1) is 14.5. The Morgan fingerprint density at radius 3 is 2.58 bits per heavy atom.